The molecule has 0 radical (unpaired) electrons. The number of fused-ring (bicyclic) bond motifs is 5. The molecule has 5 aromatic rings. The molecule has 0 bridgehead atoms. The van der Waals surface area contributed by atoms with Gasteiger partial charge in [-0.25, -0.2) is 13.8 Å². The van der Waals surface area contributed by atoms with Gasteiger partial charge in [-0.05, 0) is 45.8 Å². The van der Waals surface area contributed by atoms with Gasteiger partial charge < -0.3 is 9.80 Å². The molecule has 36 heavy (non-hydrogen) atoms. The summed E-state index contributed by atoms with van der Waals surface area (Å²) in [7, 11) is 1.92. The standard InChI is InChI=1S/C26H20F2N8/c1-34(15-17-7-3-2-4-8-17)26-29-14-19-24(30-26)35(16-18-11-12-20(27)21(28)13-18)22-9-5-6-10-23(22)36-25(19)31-32-33-36/h2-14H,15-16H2,1H3. The van der Waals surface area contributed by atoms with E-state index in [1.807, 2.05) is 71.4 Å². The van der Waals surface area contributed by atoms with Crippen LogP contribution in [0.3, 0.4) is 0 Å². The van der Waals surface area contributed by atoms with Crippen molar-refractivity contribution in [1.82, 2.24) is 30.2 Å². The fourth-order valence-corrected chi connectivity index (χ4v) is 4.32. The number of halogens is 2. The molecule has 6 rings (SSSR count). The van der Waals surface area contributed by atoms with Gasteiger partial charge in [0.15, 0.2) is 17.5 Å². The number of anilines is 3. The fraction of sp³-hybridized carbons (Fsp3) is 0.115. The molecule has 0 N–H and O–H groups in total. The summed E-state index contributed by atoms with van der Waals surface area (Å²) in [5.74, 6) is -0.238. The Morgan fingerprint density at radius 2 is 1.64 bits per heavy atom. The molecule has 3 aromatic carbocycles. The first-order valence-electron chi connectivity index (χ1n) is 11.3. The van der Waals surface area contributed by atoms with Gasteiger partial charge in [-0.2, -0.15) is 9.67 Å². The molecule has 0 spiro atoms. The molecule has 0 saturated heterocycles. The first-order valence-corrected chi connectivity index (χ1v) is 11.3. The number of nitrogens with zero attached hydrogens (tertiary/aromatic N) is 8. The molecule has 1 aliphatic rings. The summed E-state index contributed by atoms with van der Waals surface area (Å²) >= 11 is 0. The average molecular weight is 482 g/mol. The fourth-order valence-electron chi connectivity index (χ4n) is 4.32. The second-order valence-electron chi connectivity index (χ2n) is 8.49. The van der Waals surface area contributed by atoms with Gasteiger partial charge in [0.2, 0.25) is 5.95 Å². The summed E-state index contributed by atoms with van der Waals surface area (Å²) in [6.07, 6.45) is 1.70. The van der Waals surface area contributed by atoms with Crippen molar-refractivity contribution in [3.63, 3.8) is 0 Å². The minimum Gasteiger partial charge on any atom is -0.339 e. The van der Waals surface area contributed by atoms with Gasteiger partial charge >= 0.3 is 0 Å². The molecule has 1 aliphatic heterocycles. The van der Waals surface area contributed by atoms with Crippen molar-refractivity contribution in [1.29, 1.82) is 0 Å². The third-order valence-electron chi connectivity index (χ3n) is 6.05. The van der Waals surface area contributed by atoms with E-state index in [-0.39, 0.29) is 6.54 Å². The molecule has 0 atom stereocenters. The van der Waals surface area contributed by atoms with Gasteiger partial charge in [-0.15, -0.1) is 5.10 Å². The summed E-state index contributed by atoms with van der Waals surface area (Å²) in [6.45, 7) is 0.843. The third-order valence-corrected chi connectivity index (χ3v) is 6.05. The van der Waals surface area contributed by atoms with Crippen LogP contribution in [0, 0.1) is 11.6 Å². The highest BCUT2D eigenvalue weighted by atomic mass is 19.2. The largest absolute Gasteiger partial charge is 0.339 e. The molecule has 0 unspecified atom stereocenters. The van der Waals surface area contributed by atoms with Crippen molar-refractivity contribution in [2.24, 2.45) is 0 Å². The van der Waals surface area contributed by atoms with Crippen LogP contribution in [-0.2, 0) is 13.1 Å². The van der Waals surface area contributed by atoms with Crippen LogP contribution in [0.1, 0.15) is 11.1 Å². The first-order chi connectivity index (χ1) is 17.6. The number of rotatable bonds is 5. The number of aromatic nitrogens is 6. The predicted molar refractivity (Wildman–Crippen MR) is 131 cm³/mol. The number of hydrogen-bond acceptors (Lipinski definition) is 7. The van der Waals surface area contributed by atoms with Crippen molar-refractivity contribution in [3.05, 3.63) is 102 Å². The number of para-hydroxylation sites is 2. The van der Waals surface area contributed by atoms with Gasteiger partial charge in [0, 0.05) is 26.3 Å². The van der Waals surface area contributed by atoms with E-state index < -0.39 is 11.6 Å². The van der Waals surface area contributed by atoms with Gasteiger partial charge in [0.1, 0.15) is 5.82 Å². The van der Waals surface area contributed by atoms with Gasteiger partial charge in [0.25, 0.3) is 0 Å². The Kier molecular flexibility index (Phi) is 5.33. The Bertz CT molecular complexity index is 1550. The monoisotopic (exact) mass is 482 g/mol. The van der Waals surface area contributed by atoms with E-state index in [9.17, 15) is 8.78 Å². The van der Waals surface area contributed by atoms with Gasteiger partial charge in [-0.1, -0.05) is 48.5 Å². The zero-order valence-electron chi connectivity index (χ0n) is 19.3. The van der Waals surface area contributed by atoms with Gasteiger partial charge in [-0.3, -0.25) is 0 Å². The van der Waals surface area contributed by atoms with Crippen molar-refractivity contribution in [2.75, 3.05) is 16.8 Å². The van der Waals surface area contributed by atoms with Crippen LogP contribution in [0.2, 0.25) is 0 Å². The normalized spacial score (nSPS) is 11.9. The maximum Gasteiger partial charge on any atom is 0.227 e. The van der Waals surface area contributed by atoms with Crippen LogP contribution >= 0.6 is 0 Å². The van der Waals surface area contributed by atoms with Crippen LogP contribution in [0.25, 0.3) is 17.1 Å². The van der Waals surface area contributed by atoms with Crippen LogP contribution in [0.5, 0.6) is 0 Å². The zero-order valence-corrected chi connectivity index (χ0v) is 19.3. The third kappa shape index (κ3) is 3.82. The Labute approximate surface area is 205 Å². The Balaban J connectivity index is 1.49. The molecule has 0 fully saturated rings. The maximum absolute atomic E-state index is 14.1. The molecule has 0 saturated carbocycles. The molecule has 0 aliphatic carbocycles. The van der Waals surface area contributed by atoms with E-state index in [2.05, 4.69) is 20.5 Å². The smallest absolute Gasteiger partial charge is 0.227 e. The van der Waals surface area contributed by atoms with Crippen molar-refractivity contribution in [2.45, 2.75) is 13.1 Å². The SMILES string of the molecule is CN(Cc1ccccc1)c1ncc2c(n1)N(Cc1ccc(F)c(F)c1)c1ccccc1-n1nnnc1-2. The maximum atomic E-state index is 14.1. The van der Waals surface area contributed by atoms with E-state index in [0.717, 1.165) is 23.0 Å². The Morgan fingerprint density at radius 3 is 2.44 bits per heavy atom. The highest BCUT2D eigenvalue weighted by Gasteiger charge is 2.29. The number of tetrazole rings is 1. The highest BCUT2D eigenvalue weighted by Crippen LogP contribution is 2.41. The quantitative estimate of drug-likeness (QED) is 0.360. The molecule has 2 aromatic heterocycles. The second kappa shape index (κ2) is 8.81. The van der Waals surface area contributed by atoms with E-state index in [1.54, 1.807) is 16.9 Å². The molecule has 178 valence electrons. The van der Waals surface area contributed by atoms with Crippen LogP contribution in [0.15, 0.2) is 79.0 Å². The van der Waals surface area contributed by atoms with Crippen molar-refractivity contribution in [3.8, 4) is 17.1 Å². The van der Waals surface area contributed by atoms with E-state index in [0.29, 0.717) is 35.3 Å². The lowest BCUT2D eigenvalue weighted by Gasteiger charge is -2.26. The van der Waals surface area contributed by atoms with Crippen molar-refractivity contribution >= 4 is 17.5 Å². The van der Waals surface area contributed by atoms with E-state index in [1.165, 1.54) is 6.07 Å². The Morgan fingerprint density at radius 1 is 0.861 bits per heavy atom. The minimum absolute atomic E-state index is 0.234. The molecule has 3 heterocycles. The number of hydrogen-bond donors (Lipinski definition) is 0. The second-order valence-corrected chi connectivity index (χ2v) is 8.49. The van der Waals surface area contributed by atoms with Crippen LogP contribution < -0.4 is 9.80 Å². The highest BCUT2D eigenvalue weighted by molar-refractivity contribution is 5.83. The molecule has 10 heteroatoms. The predicted octanol–water partition coefficient (Wildman–Crippen LogP) is 4.69. The molecular formula is C26H20F2N8. The van der Waals surface area contributed by atoms with Crippen molar-refractivity contribution < 1.29 is 8.78 Å². The molecule has 8 nitrogen and oxygen atoms in total. The molecule has 0 amide bonds. The zero-order chi connectivity index (χ0) is 24.6. The lowest BCUT2D eigenvalue weighted by molar-refractivity contribution is 0.507. The average Bonchev–Trinajstić information content (AvgIpc) is 3.36. The van der Waals surface area contributed by atoms with Crippen LogP contribution in [0.4, 0.5) is 26.2 Å². The van der Waals surface area contributed by atoms with E-state index in [4.69, 9.17) is 4.98 Å². The topological polar surface area (TPSA) is 75.9 Å². The lowest BCUT2D eigenvalue weighted by atomic mass is 10.1. The summed E-state index contributed by atoms with van der Waals surface area (Å²) < 4.78 is 29.4. The van der Waals surface area contributed by atoms with Crippen LogP contribution in [-0.4, -0.2) is 37.2 Å². The summed E-state index contributed by atoms with van der Waals surface area (Å²) in [4.78, 5) is 13.4. The first kappa shape index (κ1) is 21.8. The summed E-state index contributed by atoms with van der Waals surface area (Å²) in [5.41, 5.74) is 3.82. The number of benzene rings is 3. The minimum atomic E-state index is -0.902. The summed E-state index contributed by atoms with van der Waals surface area (Å²) in [5, 5.41) is 12.3. The molecular weight excluding hydrogens is 462 g/mol. The Hall–Kier alpha value is -4.73. The summed E-state index contributed by atoms with van der Waals surface area (Å²) in [6, 6.07) is 21.5. The lowest BCUT2D eigenvalue weighted by Crippen LogP contribution is -2.23. The van der Waals surface area contributed by atoms with Gasteiger partial charge in [0.05, 0.1) is 16.9 Å². The van der Waals surface area contributed by atoms with E-state index >= 15 is 0 Å².